The van der Waals surface area contributed by atoms with Gasteiger partial charge in [-0.15, -0.1) is 0 Å². The van der Waals surface area contributed by atoms with Gasteiger partial charge in [0.25, 0.3) is 10.2 Å². The Morgan fingerprint density at radius 2 is 2.04 bits per heavy atom. The summed E-state index contributed by atoms with van der Waals surface area (Å²) in [4.78, 5) is 4.58. The normalized spacial score (nSPS) is 22.3. The molecule has 7 nitrogen and oxygen atoms in total. The molecule has 0 amide bonds. The van der Waals surface area contributed by atoms with Gasteiger partial charge in [-0.1, -0.05) is 28.9 Å². The highest BCUT2D eigenvalue weighted by Crippen LogP contribution is 2.64. The summed E-state index contributed by atoms with van der Waals surface area (Å²) in [5.41, 5.74) is 0.912. The van der Waals surface area contributed by atoms with Crippen LogP contribution in [0.5, 0.6) is 0 Å². The molecule has 4 rings (SSSR count). The van der Waals surface area contributed by atoms with Crippen molar-refractivity contribution in [1.29, 1.82) is 0 Å². The molecule has 0 bridgehead atoms. The van der Waals surface area contributed by atoms with Crippen LogP contribution in [0, 0.1) is 5.41 Å². The molecule has 1 saturated heterocycles. The molecule has 1 aliphatic heterocycles. The quantitative estimate of drug-likeness (QED) is 0.733. The molecule has 0 unspecified atom stereocenters. The fraction of sp³-hybridized carbons (Fsp3) is 0.579. The molecule has 2 heterocycles. The Morgan fingerprint density at radius 1 is 1.32 bits per heavy atom. The molecule has 1 aromatic heterocycles. The molecule has 2 aromatic rings. The molecule has 1 aliphatic carbocycles. The number of halogens is 1. The van der Waals surface area contributed by atoms with E-state index in [1.165, 1.54) is 4.31 Å². The van der Waals surface area contributed by atoms with Crippen LogP contribution in [0.25, 0.3) is 11.4 Å². The number of rotatable bonds is 5. The van der Waals surface area contributed by atoms with Crippen LogP contribution in [0.15, 0.2) is 28.8 Å². The maximum Gasteiger partial charge on any atom is 0.281 e. The summed E-state index contributed by atoms with van der Waals surface area (Å²) in [6.45, 7) is 4.83. The molecule has 0 radical (unpaired) electrons. The first kappa shape index (κ1) is 19.8. The lowest BCUT2D eigenvalue weighted by molar-refractivity contribution is 0.228. The monoisotopic (exact) mass is 424 g/mol. The highest BCUT2D eigenvalue weighted by Gasteiger charge is 2.59. The van der Waals surface area contributed by atoms with E-state index in [0.717, 1.165) is 24.8 Å². The van der Waals surface area contributed by atoms with Crippen LogP contribution in [0.4, 0.5) is 0 Å². The van der Waals surface area contributed by atoms with Gasteiger partial charge in [-0.25, -0.2) is 0 Å². The molecule has 1 atom stereocenters. The molecule has 152 valence electrons. The highest BCUT2D eigenvalue weighted by molar-refractivity contribution is 7.86. The molecule has 0 N–H and O–H groups in total. The first-order valence-electron chi connectivity index (χ1n) is 9.56. The third kappa shape index (κ3) is 3.47. The summed E-state index contributed by atoms with van der Waals surface area (Å²) in [6, 6.07) is 7.32. The number of nitrogens with zero attached hydrogens (tertiary/aromatic N) is 4. The van der Waals surface area contributed by atoms with Gasteiger partial charge in [0.2, 0.25) is 11.7 Å². The minimum Gasteiger partial charge on any atom is -0.339 e. The van der Waals surface area contributed by atoms with Crippen molar-refractivity contribution in [3.63, 3.8) is 0 Å². The molecule has 9 heteroatoms. The molecule has 28 heavy (non-hydrogen) atoms. The van der Waals surface area contributed by atoms with Crippen molar-refractivity contribution in [2.75, 3.05) is 20.1 Å². The van der Waals surface area contributed by atoms with Crippen LogP contribution < -0.4 is 0 Å². The average molecular weight is 425 g/mol. The smallest absolute Gasteiger partial charge is 0.281 e. The number of benzene rings is 1. The second-order valence-electron chi connectivity index (χ2n) is 8.10. The molecule has 2 fully saturated rings. The van der Waals surface area contributed by atoms with Crippen LogP contribution in [0.2, 0.25) is 5.02 Å². The Morgan fingerprint density at radius 3 is 2.68 bits per heavy atom. The van der Waals surface area contributed by atoms with E-state index < -0.39 is 10.2 Å². The lowest BCUT2D eigenvalue weighted by Gasteiger charge is -2.35. The summed E-state index contributed by atoms with van der Waals surface area (Å²) in [5, 5.41) is 4.74. The molecule has 2 aliphatic rings. The molecule has 1 aromatic carbocycles. The summed E-state index contributed by atoms with van der Waals surface area (Å²) in [5.74, 6) is 1.39. The zero-order chi connectivity index (χ0) is 20.1. The Kier molecular flexibility index (Phi) is 5.02. The zero-order valence-corrected chi connectivity index (χ0v) is 17.9. The van der Waals surface area contributed by atoms with E-state index in [1.54, 1.807) is 17.4 Å². The first-order valence-corrected chi connectivity index (χ1v) is 11.3. The van der Waals surface area contributed by atoms with Gasteiger partial charge < -0.3 is 4.52 Å². The van der Waals surface area contributed by atoms with Gasteiger partial charge in [-0.2, -0.15) is 22.0 Å². The van der Waals surface area contributed by atoms with Gasteiger partial charge in [0.15, 0.2) is 0 Å². The largest absolute Gasteiger partial charge is 0.339 e. The van der Waals surface area contributed by atoms with Crippen LogP contribution in [-0.2, 0) is 10.2 Å². The number of piperidine rings is 1. The zero-order valence-electron chi connectivity index (χ0n) is 16.3. The van der Waals surface area contributed by atoms with Crippen molar-refractivity contribution in [2.45, 2.75) is 45.1 Å². The van der Waals surface area contributed by atoms with Crippen molar-refractivity contribution in [2.24, 2.45) is 5.41 Å². The van der Waals surface area contributed by atoms with Gasteiger partial charge in [0, 0.05) is 42.7 Å². The second-order valence-corrected chi connectivity index (χ2v) is 10.5. The summed E-state index contributed by atoms with van der Waals surface area (Å²) in [6.07, 6.45) is 2.60. The van der Waals surface area contributed by atoms with Gasteiger partial charge in [0.1, 0.15) is 0 Å². The van der Waals surface area contributed by atoms with Crippen LogP contribution in [0.1, 0.15) is 44.9 Å². The van der Waals surface area contributed by atoms with Gasteiger partial charge >= 0.3 is 0 Å². The van der Waals surface area contributed by atoms with Crippen molar-refractivity contribution in [1.82, 2.24) is 18.8 Å². The van der Waals surface area contributed by atoms with E-state index in [1.807, 2.05) is 32.0 Å². The average Bonchev–Trinajstić information content (AvgIpc) is 3.13. The maximum absolute atomic E-state index is 12.7. The standard InChI is InChI=1S/C19H25ClN4O3S/c1-13(2)23(3)28(25,26)24-9-7-19(8-10-24)12-16(19)18-21-17(22-27-18)14-5-4-6-15(20)11-14/h4-6,11,13,16H,7-10,12H2,1-3H3/t16-/m0/s1. The van der Waals surface area contributed by atoms with Crippen molar-refractivity contribution < 1.29 is 12.9 Å². The van der Waals surface area contributed by atoms with Gasteiger partial charge in [-0.3, -0.25) is 0 Å². The van der Waals surface area contributed by atoms with E-state index >= 15 is 0 Å². The van der Waals surface area contributed by atoms with E-state index in [9.17, 15) is 8.42 Å². The summed E-state index contributed by atoms with van der Waals surface area (Å²) >= 11 is 6.04. The lowest BCUT2D eigenvalue weighted by atomic mass is 9.92. The minimum absolute atomic E-state index is 0.0575. The van der Waals surface area contributed by atoms with E-state index in [-0.39, 0.29) is 17.4 Å². The van der Waals surface area contributed by atoms with Crippen LogP contribution >= 0.6 is 11.6 Å². The molecular formula is C19H25ClN4O3S. The van der Waals surface area contributed by atoms with Crippen LogP contribution in [-0.4, -0.2) is 53.3 Å². The van der Waals surface area contributed by atoms with Crippen molar-refractivity contribution >= 4 is 21.8 Å². The van der Waals surface area contributed by atoms with Crippen LogP contribution in [0.3, 0.4) is 0 Å². The Labute approximate surface area is 170 Å². The summed E-state index contributed by atoms with van der Waals surface area (Å²) in [7, 11) is -1.76. The summed E-state index contributed by atoms with van der Waals surface area (Å²) < 4.78 is 34.0. The topological polar surface area (TPSA) is 79.5 Å². The number of hydrogen-bond donors (Lipinski definition) is 0. The second kappa shape index (κ2) is 7.09. The third-order valence-corrected chi connectivity index (χ3v) is 8.55. The van der Waals surface area contributed by atoms with Crippen molar-refractivity contribution in [3.05, 3.63) is 35.2 Å². The molecule has 1 spiro atoms. The van der Waals surface area contributed by atoms with E-state index in [2.05, 4.69) is 10.1 Å². The molecular weight excluding hydrogens is 400 g/mol. The fourth-order valence-electron chi connectivity index (χ4n) is 3.98. The Hall–Kier alpha value is -1.48. The number of hydrogen-bond acceptors (Lipinski definition) is 5. The Balaban J connectivity index is 1.43. The van der Waals surface area contributed by atoms with Crippen molar-refractivity contribution in [3.8, 4) is 11.4 Å². The predicted octanol–water partition coefficient (Wildman–Crippen LogP) is 3.54. The predicted molar refractivity (Wildman–Crippen MR) is 107 cm³/mol. The van der Waals surface area contributed by atoms with E-state index in [0.29, 0.717) is 29.8 Å². The van der Waals surface area contributed by atoms with Gasteiger partial charge in [-0.05, 0) is 50.7 Å². The van der Waals surface area contributed by atoms with E-state index in [4.69, 9.17) is 16.1 Å². The Bertz CT molecular complexity index is 967. The lowest BCUT2D eigenvalue weighted by Crippen LogP contribution is -2.48. The maximum atomic E-state index is 12.7. The van der Waals surface area contributed by atoms with Gasteiger partial charge in [0.05, 0.1) is 0 Å². The SMILES string of the molecule is CC(C)N(C)S(=O)(=O)N1CCC2(CC1)C[C@H]2c1nc(-c2cccc(Cl)c2)no1. The first-order chi connectivity index (χ1) is 13.2. The molecule has 1 saturated carbocycles. The minimum atomic E-state index is -3.40. The number of aromatic nitrogens is 2. The fourth-order valence-corrected chi connectivity index (χ4v) is 5.71. The highest BCUT2D eigenvalue weighted by atomic mass is 35.5. The third-order valence-electron chi connectivity index (χ3n) is 6.15.